The van der Waals surface area contributed by atoms with Gasteiger partial charge >= 0.3 is 0 Å². The van der Waals surface area contributed by atoms with Crippen LogP contribution in [0.4, 0.5) is 4.39 Å². The molecule has 26 heavy (non-hydrogen) atoms. The molecule has 1 aliphatic carbocycles. The fraction of sp³-hybridized carbons (Fsp3) is 0.417. The summed E-state index contributed by atoms with van der Waals surface area (Å²) in [7, 11) is 0. The van der Waals surface area contributed by atoms with Crippen molar-refractivity contribution in [1.82, 2.24) is 4.90 Å². The summed E-state index contributed by atoms with van der Waals surface area (Å²) in [5.41, 5.74) is 6.90. The first-order chi connectivity index (χ1) is 12.5. The van der Waals surface area contributed by atoms with Gasteiger partial charge in [0.1, 0.15) is 5.82 Å². The third kappa shape index (κ3) is 3.12. The summed E-state index contributed by atoms with van der Waals surface area (Å²) >= 11 is 0. The highest BCUT2D eigenvalue weighted by Gasteiger charge is 2.40. The Morgan fingerprint density at radius 2 is 1.96 bits per heavy atom. The summed E-state index contributed by atoms with van der Waals surface area (Å²) in [5.74, 6) is -0.119. The Hall–Kier alpha value is -1.93. The molecule has 0 saturated heterocycles. The minimum absolute atomic E-state index is 0.0319. The van der Waals surface area contributed by atoms with Crippen molar-refractivity contribution in [3.63, 3.8) is 0 Å². The van der Waals surface area contributed by atoms with E-state index in [0.29, 0.717) is 6.04 Å². The van der Waals surface area contributed by atoms with Gasteiger partial charge in [0.15, 0.2) is 0 Å². The molecule has 136 valence electrons. The van der Waals surface area contributed by atoms with Gasteiger partial charge in [-0.3, -0.25) is 4.90 Å². The van der Waals surface area contributed by atoms with Crippen molar-refractivity contribution in [1.29, 1.82) is 0 Å². The number of fused-ring (bicyclic) bond motifs is 2. The zero-order valence-electron chi connectivity index (χ0n) is 15.9. The van der Waals surface area contributed by atoms with Crippen LogP contribution in [-0.4, -0.2) is 10.4 Å². The van der Waals surface area contributed by atoms with Gasteiger partial charge in [-0.05, 0) is 85.9 Å². The average molecular weight is 349 g/mol. The fourth-order valence-corrected chi connectivity index (χ4v) is 4.79. The SMILES string of the molecule is C=CCCc1ccc2c(c1)C(N1Cc3ccc(F)cc3CC1(C)C)CC2. The highest BCUT2D eigenvalue weighted by Crippen LogP contribution is 2.44. The molecule has 0 aromatic heterocycles. The van der Waals surface area contributed by atoms with Crippen LogP contribution in [0.2, 0.25) is 0 Å². The van der Waals surface area contributed by atoms with Crippen molar-refractivity contribution in [2.75, 3.05) is 0 Å². The third-order valence-electron chi connectivity index (χ3n) is 6.18. The van der Waals surface area contributed by atoms with Crippen LogP contribution < -0.4 is 0 Å². The van der Waals surface area contributed by atoms with Crippen LogP contribution in [0, 0.1) is 5.82 Å². The predicted octanol–water partition coefficient (Wildman–Crippen LogP) is 5.77. The van der Waals surface area contributed by atoms with Gasteiger partial charge in [-0.1, -0.05) is 30.3 Å². The molecule has 2 aromatic carbocycles. The van der Waals surface area contributed by atoms with Crippen LogP contribution in [0.1, 0.15) is 60.5 Å². The van der Waals surface area contributed by atoms with E-state index in [0.717, 1.165) is 32.2 Å². The Bertz CT molecular complexity index is 836. The number of allylic oxidation sites excluding steroid dienone is 1. The van der Waals surface area contributed by atoms with E-state index in [2.05, 4.69) is 43.5 Å². The van der Waals surface area contributed by atoms with Gasteiger partial charge in [-0.15, -0.1) is 6.58 Å². The number of hydrogen-bond acceptors (Lipinski definition) is 1. The smallest absolute Gasteiger partial charge is 0.123 e. The Morgan fingerprint density at radius 3 is 2.77 bits per heavy atom. The maximum Gasteiger partial charge on any atom is 0.123 e. The maximum absolute atomic E-state index is 13.7. The molecule has 2 aromatic rings. The van der Waals surface area contributed by atoms with E-state index in [1.165, 1.54) is 34.2 Å². The molecule has 0 spiro atoms. The number of benzene rings is 2. The maximum atomic E-state index is 13.7. The quantitative estimate of drug-likeness (QED) is 0.634. The Balaban J connectivity index is 1.66. The van der Waals surface area contributed by atoms with Crippen molar-refractivity contribution in [2.45, 2.75) is 64.1 Å². The molecule has 0 radical (unpaired) electrons. The minimum Gasteiger partial charge on any atom is -0.287 e. The van der Waals surface area contributed by atoms with Crippen molar-refractivity contribution in [3.05, 3.63) is 82.7 Å². The summed E-state index contributed by atoms with van der Waals surface area (Å²) < 4.78 is 13.7. The zero-order valence-corrected chi connectivity index (χ0v) is 15.9. The minimum atomic E-state index is -0.119. The Kier molecular flexibility index (Phi) is 4.48. The summed E-state index contributed by atoms with van der Waals surface area (Å²) in [4.78, 5) is 2.65. The molecule has 1 heterocycles. The van der Waals surface area contributed by atoms with Crippen LogP contribution >= 0.6 is 0 Å². The van der Waals surface area contributed by atoms with Crippen LogP contribution in [0.25, 0.3) is 0 Å². The summed E-state index contributed by atoms with van der Waals surface area (Å²) in [6.07, 6.45) is 7.33. The molecule has 4 rings (SSSR count). The van der Waals surface area contributed by atoms with Gasteiger partial charge in [0.25, 0.3) is 0 Å². The van der Waals surface area contributed by atoms with E-state index >= 15 is 0 Å². The number of rotatable bonds is 4. The Morgan fingerprint density at radius 1 is 1.15 bits per heavy atom. The van der Waals surface area contributed by atoms with Gasteiger partial charge in [0.2, 0.25) is 0 Å². The van der Waals surface area contributed by atoms with Gasteiger partial charge in [0, 0.05) is 18.1 Å². The second kappa shape index (κ2) is 6.66. The first kappa shape index (κ1) is 17.5. The highest BCUT2D eigenvalue weighted by atomic mass is 19.1. The van der Waals surface area contributed by atoms with Crippen LogP contribution in [-0.2, 0) is 25.8 Å². The second-order valence-electron chi connectivity index (χ2n) is 8.45. The topological polar surface area (TPSA) is 3.24 Å². The molecule has 1 atom stereocenters. The van der Waals surface area contributed by atoms with Gasteiger partial charge in [-0.2, -0.15) is 0 Å². The molecular weight excluding hydrogens is 321 g/mol. The molecular formula is C24H28FN. The van der Waals surface area contributed by atoms with Crippen LogP contribution in [0.3, 0.4) is 0 Å². The molecule has 0 amide bonds. The van der Waals surface area contributed by atoms with E-state index in [1.807, 2.05) is 12.1 Å². The van der Waals surface area contributed by atoms with Gasteiger partial charge < -0.3 is 0 Å². The third-order valence-corrected chi connectivity index (χ3v) is 6.18. The number of halogens is 1. The molecule has 1 unspecified atom stereocenters. The average Bonchev–Trinajstić information content (AvgIpc) is 3.01. The normalized spacial score (nSPS) is 21.3. The molecule has 0 fully saturated rings. The lowest BCUT2D eigenvalue weighted by Gasteiger charge is -2.47. The van der Waals surface area contributed by atoms with Crippen molar-refractivity contribution in [3.8, 4) is 0 Å². The van der Waals surface area contributed by atoms with Crippen LogP contribution in [0.15, 0.2) is 49.1 Å². The van der Waals surface area contributed by atoms with Gasteiger partial charge in [0.05, 0.1) is 0 Å². The van der Waals surface area contributed by atoms with E-state index in [4.69, 9.17) is 0 Å². The summed E-state index contributed by atoms with van der Waals surface area (Å²) in [5, 5.41) is 0. The predicted molar refractivity (Wildman–Crippen MR) is 106 cm³/mol. The number of aryl methyl sites for hydroxylation is 2. The van der Waals surface area contributed by atoms with E-state index in [9.17, 15) is 4.39 Å². The molecule has 2 heteroatoms. The molecule has 2 aliphatic rings. The van der Waals surface area contributed by atoms with Gasteiger partial charge in [-0.25, -0.2) is 4.39 Å². The second-order valence-corrected chi connectivity index (χ2v) is 8.45. The van der Waals surface area contributed by atoms with E-state index < -0.39 is 0 Å². The standard InChI is InChI=1S/C24H28FN/c1-4-5-6-17-7-8-18-10-12-23(22(18)13-17)26-16-19-9-11-21(25)14-20(19)15-24(26,2)3/h4,7-9,11,13-14,23H,1,5-6,10,12,15-16H2,2-3H3. The Labute approximate surface area is 156 Å². The summed E-state index contributed by atoms with van der Waals surface area (Å²) in [6, 6.07) is 12.8. The molecule has 1 aliphatic heterocycles. The monoisotopic (exact) mass is 349 g/mol. The van der Waals surface area contributed by atoms with Crippen molar-refractivity contribution in [2.24, 2.45) is 0 Å². The number of nitrogens with zero attached hydrogens (tertiary/aromatic N) is 1. The lowest BCUT2D eigenvalue weighted by Crippen LogP contribution is -2.49. The van der Waals surface area contributed by atoms with E-state index in [1.54, 1.807) is 12.1 Å². The largest absolute Gasteiger partial charge is 0.287 e. The molecule has 0 saturated carbocycles. The first-order valence-electron chi connectivity index (χ1n) is 9.74. The zero-order chi connectivity index (χ0) is 18.3. The lowest BCUT2D eigenvalue weighted by atomic mass is 9.83. The summed E-state index contributed by atoms with van der Waals surface area (Å²) in [6.45, 7) is 9.37. The first-order valence-corrected chi connectivity index (χ1v) is 9.74. The van der Waals surface area contributed by atoms with E-state index in [-0.39, 0.29) is 11.4 Å². The molecule has 1 nitrogen and oxygen atoms in total. The molecule has 0 bridgehead atoms. The van der Waals surface area contributed by atoms with Crippen LogP contribution in [0.5, 0.6) is 0 Å². The van der Waals surface area contributed by atoms with Crippen molar-refractivity contribution >= 4 is 0 Å². The highest BCUT2D eigenvalue weighted by molar-refractivity contribution is 5.40. The lowest BCUT2D eigenvalue weighted by molar-refractivity contribution is 0.0477. The van der Waals surface area contributed by atoms with Crippen molar-refractivity contribution < 1.29 is 4.39 Å². The fourth-order valence-electron chi connectivity index (χ4n) is 4.79. The number of hydrogen-bond donors (Lipinski definition) is 0. The molecule has 0 N–H and O–H groups in total.